The molecule has 0 radical (unpaired) electrons. The molecule has 1 aliphatic carbocycles. The molecule has 5 heteroatoms. The Kier molecular flexibility index (Phi) is 7.33. The second-order valence-corrected chi connectivity index (χ2v) is 8.58. The summed E-state index contributed by atoms with van der Waals surface area (Å²) in [5, 5.41) is 11.6. The van der Waals surface area contributed by atoms with Crippen molar-refractivity contribution in [3.63, 3.8) is 0 Å². The molecule has 0 spiro atoms. The normalized spacial score (nSPS) is 23.2. The van der Waals surface area contributed by atoms with Crippen molar-refractivity contribution < 1.29 is 4.79 Å². The van der Waals surface area contributed by atoms with Crippen LogP contribution < -0.4 is 10.2 Å². The second kappa shape index (κ2) is 9.93. The van der Waals surface area contributed by atoms with Gasteiger partial charge in [-0.15, -0.1) is 0 Å². The van der Waals surface area contributed by atoms with E-state index in [4.69, 9.17) is 5.26 Å². The van der Waals surface area contributed by atoms with Crippen LogP contribution >= 0.6 is 0 Å². The van der Waals surface area contributed by atoms with E-state index in [0.29, 0.717) is 0 Å². The summed E-state index contributed by atoms with van der Waals surface area (Å²) in [5.74, 6) is 0.661. The van der Waals surface area contributed by atoms with Gasteiger partial charge in [-0.05, 0) is 81.7 Å². The highest BCUT2D eigenvalue weighted by Gasteiger charge is 2.24. The monoisotopic (exact) mass is 382 g/mol. The summed E-state index contributed by atoms with van der Waals surface area (Å²) in [5.41, 5.74) is 4.06. The number of nitrogens with zero attached hydrogens (tertiary/aromatic N) is 3. The van der Waals surface area contributed by atoms with E-state index >= 15 is 0 Å². The van der Waals surface area contributed by atoms with Crippen molar-refractivity contribution in [1.29, 1.82) is 5.26 Å². The molecule has 0 unspecified atom stereocenters. The van der Waals surface area contributed by atoms with Crippen molar-refractivity contribution in [2.24, 2.45) is 5.92 Å². The van der Waals surface area contributed by atoms with Crippen molar-refractivity contribution in [2.75, 3.05) is 37.6 Å². The number of hydrogen-bond acceptors (Lipinski definition) is 4. The number of carbonyl (C=O) groups is 1. The van der Waals surface area contributed by atoms with Gasteiger partial charge in [-0.3, -0.25) is 9.69 Å². The Bertz CT molecular complexity index is 675. The van der Waals surface area contributed by atoms with Gasteiger partial charge in [0.15, 0.2) is 0 Å². The van der Waals surface area contributed by atoms with Gasteiger partial charge in [0.25, 0.3) is 0 Å². The van der Waals surface area contributed by atoms with Crippen molar-refractivity contribution in [3.8, 4) is 6.07 Å². The average molecular weight is 383 g/mol. The Balaban J connectivity index is 1.35. The maximum atomic E-state index is 11.5. The van der Waals surface area contributed by atoms with Crippen LogP contribution in [-0.4, -0.2) is 49.6 Å². The number of anilines is 1. The Morgan fingerprint density at radius 1 is 1.07 bits per heavy atom. The van der Waals surface area contributed by atoms with E-state index in [1.54, 1.807) is 0 Å². The van der Waals surface area contributed by atoms with Crippen LogP contribution in [0, 0.1) is 31.1 Å². The number of rotatable bonds is 6. The lowest BCUT2D eigenvalue weighted by Crippen LogP contribution is -2.47. The highest BCUT2D eigenvalue weighted by atomic mass is 16.1. The third-order valence-electron chi connectivity index (χ3n) is 6.25. The van der Waals surface area contributed by atoms with E-state index in [9.17, 15) is 4.79 Å². The summed E-state index contributed by atoms with van der Waals surface area (Å²) in [6.07, 6.45) is 5.75. The molecule has 2 fully saturated rings. The molecule has 0 atom stereocenters. The quantitative estimate of drug-likeness (QED) is 0.819. The molecule has 0 bridgehead atoms. The fourth-order valence-electron chi connectivity index (χ4n) is 4.67. The SMILES string of the molecule is Cc1cc(C)cc(N2CCN(CCC3CCC(NC(=O)CC#N)CC3)CC2)c1. The van der Waals surface area contributed by atoms with E-state index in [1.165, 1.54) is 42.6 Å². The summed E-state index contributed by atoms with van der Waals surface area (Å²) in [7, 11) is 0. The molecule has 1 aliphatic heterocycles. The molecule has 3 rings (SSSR count). The molecule has 1 amide bonds. The number of nitriles is 1. The van der Waals surface area contributed by atoms with Crippen LogP contribution in [0.2, 0.25) is 0 Å². The van der Waals surface area contributed by atoms with Crippen LogP contribution in [0.25, 0.3) is 0 Å². The molecular formula is C23H34N4O. The van der Waals surface area contributed by atoms with Gasteiger partial charge in [0.05, 0.1) is 6.07 Å². The largest absolute Gasteiger partial charge is 0.369 e. The molecule has 1 saturated carbocycles. The summed E-state index contributed by atoms with van der Waals surface area (Å²) in [6.45, 7) is 10.1. The maximum absolute atomic E-state index is 11.5. The van der Waals surface area contributed by atoms with Gasteiger partial charge in [0.2, 0.25) is 5.91 Å². The van der Waals surface area contributed by atoms with Crippen LogP contribution in [-0.2, 0) is 4.79 Å². The third-order valence-corrected chi connectivity index (χ3v) is 6.25. The lowest BCUT2D eigenvalue weighted by atomic mass is 9.84. The zero-order valence-electron chi connectivity index (χ0n) is 17.4. The van der Waals surface area contributed by atoms with E-state index in [-0.39, 0.29) is 18.4 Å². The van der Waals surface area contributed by atoms with Crippen LogP contribution in [0.1, 0.15) is 49.7 Å². The van der Waals surface area contributed by atoms with Crippen LogP contribution in [0.5, 0.6) is 0 Å². The molecule has 0 aromatic heterocycles. The van der Waals surface area contributed by atoms with Crippen molar-refractivity contribution >= 4 is 11.6 Å². The molecule has 1 saturated heterocycles. The summed E-state index contributed by atoms with van der Waals surface area (Å²) in [4.78, 5) is 16.7. The first kappa shape index (κ1) is 20.7. The van der Waals surface area contributed by atoms with Gasteiger partial charge in [0.1, 0.15) is 6.42 Å². The standard InChI is InChI=1S/C23H34N4O/c1-18-15-19(2)17-22(16-18)27-13-11-26(12-14-27)10-8-20-3-5-21(6-4-20)25-23(28)7-9-24/h15-17,20-21H,3-8,10-14H2,1-2H3,(H,25,28). The van der Waals surface area contributed by atoms with Crippen molar-refractivity contribution in [2.45, 2.75) is 58.4 Å². The zero-order valence-corrected chi connectivity index (χ0v) is 17.4. The average Bonchev–Trinajstić information content (AvgIpc) is 2.67. The number of hydrogen-bond donors (Lipinski definition) is 1. The predicted octanol–water partition coefficient (Wildman–Crippen LogP) is 3.40. The molecule has 1 heterocycles. The Morgan fingerprint density at radius 2 is 1.71 bits per heavy atom. The highest BCUT2D eigenvalue weighted by Crippen LogP contribution is 2.27. The van der Waals surface area contributed by atoms with E-state index in [2.05, 4.69) is 47.2 Å². The van der Waals surface area contributed by atoms with Gasteiger partial charge in [-0.1, -0.05) is 6.07 Å². The third kappa shape index (κ3) is 5.97. The van der Waals surface area contributed by atoms with Crippen LogP contribution in [0.15, 0.2) is 18.2 Å². The first-order valence-corrected chi connectivity index (χ1v) is 10.8. The molecule has 5 nitrogen and oxygen atoms in total. The van der Waals surface area contributed by atoms with Gasteiger partial charge in [-0.25, -0.2) is 0 Å². The van der Waals surface area contributed by atoms with Crippen LogP contribution in [0.4, 0.5) is 5.69 Å². The van der Waals surface area contributed by atoms with E-state index in [0.717, 1.165) is 44.9 Å². The number of aryl methyl sites for hydroxylation is 2. The first-order chi connectivity index (χ1) is 13.5. The molecular weight excluding hydrogens is 348 g/mol. The molecule has 1 N–H and O–H groups in total. The zero-order chi connectivity index (χ0) is 19.9. The Labute approximate surface area is 169 Å². The fraction of sp³-hybridized carbons (Fsp3) is 0.652. The van der Waals surface area contributed by atoms with Crippen molar-refractivity contribution in [1.82, 2.24) is 10.2 Å². The van der Waals surface area contributed by atoms with E-state index in [1.807, 2.05) is 6.07 Å². The van der Waals surface area contributed by atoms with Gasteiger partial charge >= 0.3 is 0 Å². The summed E-state index contributed by atoms with van der Waals surface area (Å²) in [6, 6.07) is 9.04. The number of piperazine rings is 1. The lowest BCUT2D eigenvalue weighted by molar-refractivity contribution is -0.121. The minimum absolute atomic E-state index is 0.0198. The topological polar surface area (TPSA) is 59.4 Å². The van der Waals surface area contributed by atoms with Gasteiger partial charge in [-0.2, -0.15) is 5.26 Å². The Morgan fingerprint density at radius 3 is 2.32 bits per heavy atom. The maximum Gasteiger partial charge on any atom is 0.234 e. The highest BCUT2D eigenvalue weighted by molar-refractivity contribution is 5.78. The van der Waals surface area contributed by atoms with Gasteiger partial charge < -0.3 is 10.2 Å². The molecule has 152 valence electrons. The van der Waals surface area contributed by atoms with Gasteiger partial charge in [0, 0.05) is 37.9 Å². The minimum atomic E-state index is -0.118. The number of benzene rings is 1. The van der Waals surface area contributed by atoms with E-state index < -0.39 is 0 Å². The lowest BCUT2D eigenvalue weighted by Gasteiger charge is -2.37. The first-order valence-electron chi connectivity index (χ1n) is 10.8. The molecule has 2 aliphatic rings. The fourth-order valence-corrected chi connectivity index (χ4v) is 4.67. The van der Waals surface area contributed by atoms with Crippen molar-refractivity contribution in [3.05, 3.63) is 29.3 Å². The second-order valence-electron chi connectivity index (χ2n) is 8.58. The smallest absolute Gasteiger partial charge is 0.234 e. The summed E-state index contributed by atoms with van der Waals surface area (Å²) < 4.78 is 0. The summed E-state index contributed by atoms with van der Waals surface area (Å²) >= 11 is 0. The minimum Gasteiger partial charge on any atom is -0.369 e. The predicted molar refractivity (Wildman–Crippen MR) is 113 cm³/mol. The number of amides is 1. The van der Waals surface area contributed by atoms with Crippen LogP contribution in [0.3, 0.4) is 0 Å². The Hall–Kier alpha value is -2.06. The molecule has 28 heavy (non-hydrogen) atoms. The molecule has 1 aromatic rings. The number of carbonyl (C=O) groups excluding carboxylic acids is 1. The number of nitrogens with one attached hydrogen (secondary N) is 1. The molecule has 1 aromatic carbocycles.